The molecular weight excluding hydrogens is 247 g/mol. The lowest BCUT2D eigenvalue weighted by atomic mass is 9.88. The van der Waals surface area contributed by atoms with Crippen LogP contribution in [0.25, 0.3) is 5.57 Å². The van der Waals surface area contributed by atoms with Crippen molar-refractivity contribution < 1.29 is 18.7 Å². The summed E-state index contributed by atoms with van der Waals surface area (Å²) in [5.74, 6) is -2.59. The molecule has 0 atom stereocenters. The number of Topliss-reactive ketones (excluding diaryl/α,β-unsaturated/α-hetero) is 2. The molecular formula is C15H13FO3. The monoisotopic (exact) mass is 260 g/mol. The summed E-state index contributed by atoms with van der Waals surface area (Å²) in [4.78, 5) is 24.2. The first-order valence-corrected chi connectivity index (χ1v) is 5.93. The van der Waals surface area contributed by atoms with E-state index in [0.717, 1.165) is 0 Å². The van der Waals surface area contributed by atoms with Gasteiger partial charge in [-0.2, -0.15) is 0 Å². The van der Waals surface area contributed by atoms with Crippen LogP contribution >= 0.6 is 0 Å². The number of halogens is 1. The number of hydrogen-bond donors (Lipinski definition) is 0. The summed E-state index contributed by atoms with van der Waals surface area (Å²) in [7, 11) is 1.26. The van der Waals surface area contributed by atoms with Crippen LogP contribution in [-0.4, -0.2) is 18.7 Å². The Morgan fingerprint density at radius 3 is 2.26 bits per heavy atom. The maximum atomic E-state index is 14.1. The van der Waals surface area contributed by atoms with Crippen molar-refractivity contribution in [3.05, 3.63) is 53.1 Å². The van der Waals surface area contributed by atoms with Gasteiger partial charge in [-0.3, -0.25) is 9.59 Å². The highest BCUT2D eigenvalue weighted by molar-refractivity contribution is 6.38. The molecule has 0 heterocycles. The lowest BCUT2D eigenvalue weighted by molar-refractivity contribution is -0.119. The molecule has 2 rings (SSSR count). The van der Waals surface area contributed by atoms with Crippen LogP contribution in [0, 0.1) is 0 Å². The average Bonchev–Trinajstić information content (AvgIpc) is 2.44. The van der Waals surface area contributed by atoms with Crippen molar-refractivity contribution in [1.29, 1.82) is 0 Å². The molecule has 1 aromatic carbocycles. The quantitative estimate of drug-likeness (QED) is 0.785. The zero-order chi connectivity index (χ0) is 14.0. The Balaban J connectivity index is 2.61. The van der Waals surface area contributed by atoms with Crippen molar-refractivity contribution in [2.75, 3.05) is 7.11 Å². The van der Waals surface area contributed by atoms with Crippen LogP contribution < -0.4 is 0 Å². The van der Waals surface area contributed by atoms with E-state index in [1.165, 1.54) is 7.11 Å². The van der Waals surface area contributed by atoms with E-state index in [1.807, 2.05) is 0 Å². The standard InChI is InChI=1S/C15H13FO3/c1-3-10-13(17)11(9-7-5-4-6-8-9)12(16)14(18)15(10)19-2/h4-8H,3H2,1-2H3. The molecule has 0 radical (unpaired) electrons. The third-order valence-electron chi connectivity index (χ3n) is 3.02. The second-order valence-corrected chi connectivity index (χ2v) is 4.08. The van der Waals surface area contributed by atoms with Gasteiger partial charge in [0.1, 0.15) is 0 Å². The molecule has 0 unspecified atom stereocenters. The lowest BCUT2D eigenvalue weighted by Crippen LogP contribution is -2.22. The van der Waals surface area contributed by atoms with Gasteiger partial charge in [0.05, 0.1) is 12.7 Å². The molecule has 0 saturated carbocycles. The highest BCUT2D eigenvalue weighted by atomic mass is 19.1. The van der Waals surface area contributed by atoms with Gasteiger partial charge in [0.25, 0.3) is 5.78 Å². The molecule has 0 bridgehead atoms. The fraction of sp³-hybridized carbons (Fsp3) is 0.200. The van der Waals surface area contributed by atoms with E-state index in [0.29, 0.717) is 12.0 Å². The summed E-state index contributed by atoms with van der Waals surface area (Å²) >= 11 is 0. The van der Waals surface area contributed by atoms with Crippen molar-refractivity contribution >= 4 is 17.1 Å². The Kier molecular flexibility index (Phi) is 3.60. The molecule has 1 aliphatic rings. The molecule has 0 saturated heterocycles. The molecule has 0 N–H and O–H groups in total. The summed E-state index contributed by atoms with van der Waals surface area (Å²) in [6, 6.07) is 8.34. The van der Waals surface area contributed by atoms with Crippen molar-refractivity contribution in [3.63, 3.8) is 0 Å². The Bertz CT molecular complexity index is 597. The van der Waals surface area contributed by atoms with E-state index in [2.05, 4.69) is 0 Å². The average molecular weight is 260 g/mol. The zero-order valence-corrected chi connectivity index (χ0v) is 10.7. The van der Waals surface area contributed by atoms with E-state index < -0.39 is 17.4 Å². The highest BCUT2D eigenvalue weighted by Gasteiger charge is 2.35. The zero-order valence-electron chi connectivity index (χ0n) is 10.7. The van der Waals surface area contributed by atoms with Crippen molar-refractivity contribution in [1.82, 2.24) is 0 Å². The first kappa shape index (κ1) is 13.2. The summed E-state index contributed by atoms with van der Waals surface area (Å²) in [5, 5.41) is 0. The fourth-order valence-electron chi connectivity index (χ4n) is 2.10. The number of carbonyl (C=O) groups is 2. The van der Waals surface area contributed by atoms with Crippen LogP contribution in [0.15, 0.2) is 47.5 Å². The maximum Gasteiger partial charge on any atom is 0.257 e. The van der Waals surface area contributed by atoms with E-state index in [-0.39, 0.29) is 16.9 Å². The molecule has 0 amide bonds. The van der Waals surface area contributed by atoms with Gasteiger partial charge in [-0.15, -0.1) is 0 Å². The fourth-order valence-corrected chi connectivity index (χ4v) is 2.10. The minimum Gasteiger partial charge on any atom is -0.492 e. The van der Waals surface area contributed by atoms with Gasteiger partial charge in [-0.1, -0.05) is 37.3 Å². The van der Waals surface area contributed by atoms with E-state index >= 15 is 0 Å². The van der Waals surface area contributed by atoms with Gasteiger partial charge in [0.15, 0.2) is 17.4 Å². The third kappa shape index (κ3) is 2.10. The molecule has 4 heteroatoms. The van der Waals surface area contributed by atoms with Gasteiger partial charge in [0, 0.05) is 5.57 Å². The van der Waals surface area contributed by atoms with Crippen LogP contribution in [0.1, 0.15) is 18.9 Å². The number of allylic oxidation sites excluding steroid dienone is 3. The van der Waals surface area contributed by atoms with Gasteiger partial charge in [0.2, 0.25) is 0 Å². The van der Waals surface area contributed by atoms with Crippen LogP contribution in [0.4, 0.5) is 4.39 Å². The predicted molar refractivity (Wildman–Crippen MR) is 68.8 cm³/mol. The second-order valence-electron chi connectivity index (χ2n) is 4.08. The van der Waals surface area contributed by atoms with E-state index in [9.17, 15) is 14.0 Å². The highest BCUT2D eigenvalue weighted by Crippen LogP contribution is 2.33. The van der Waals surface area contributed by atoms with Crippen LogP contribution in [0.3, 0.4) is 0 Å². The summed E-state index contributed by atoms with van der Waals surface area (Å²) in [6.45, 7) is 1.73. The maximum absolute atomic E-state index is 14.1. The predicted octanol–water partition coefficient (Wildman–Crippen LogP) is 2.83. The number of carbonyl (C=O) groups excluding carboxylic acids is 2. The van der Waals surface area contributed by atoms with Gasteiger partial charge < -0.3 is 4.74 Å². The number of ether oxygens (including phenoxy) is 1. The minimum absolute atomic E-state index is 0.178. The molecule has 0 aliphatic heterocycles. The first-order valence-electron chi connectivity index (χ1n) is 5.93. The van der Waals surface area contributed by atoms with Gasteiger partial charge in [-0.25, -0.2) is 4.39 Å². The molecule has 0 fully saturated rings. The second kappa shape index (κ2) is 5.18. The Morgan fingerprint density at radius 2 is 1.74 bits per heavy atom. The summed E-state index contributed by atoms with van der Waals surface area (Å²) in [6.07, 6.45) is 0.317. The van der Waals surface area contributed by atoms with Gasteiger partial charge >= 0.3 is 0 Å². The van der Waals surface area contributed by atoms with Crippen molar-refractivity contribution in [2.24, 2.45) is 0 Å². The number of benzene rings is 1. The third-order valence-corrected chi connectivity index (χ3v) is 3.02. The van der Waals surface area contributed by atoms with E-state index in [4.69, 9.17) is 4.74 Å². The van der Waals surface area contributed by atoms with Crippen LogP contribution in [0.5, 0.6) is 0 Å². The van der Waals surface area contributed by atoms with Crippen molar-refractivity contribution in [3.8, 4) is 0 Å². The SMILES string of the molecule is CCC1=C(OC)C(=O)C(F)=C(c2ccccc2)C1=O. The number of methoxy groups -OCH3 is 1. The summed E-state index contributed by atoms with van der Waals surface area (Å²) < 4.78 is 19.0. The topological polar surface area (TPSA) is 43.4 Å². The lowest BCUT2D eigenvalue weighted by Gasteiger charge is -2.18. The molecule has 1 aromatic rings. The summed E-state index contributed by atoms with van der Waals surface area (Å²) in [5.41, 5.74) is 0.440. The minimum atomic E-state index is -1.05. The van der Waals surface area contributed by atoms with Crippen molar-refractivity contribution in [2.45, 2.75) is 13.3 Å². The molecule has 0 aromatic heterocycles. The number of hydrogen-bond acceptors (Lipinski definition) is 3. The molecule has 19 heavy (non-hydrogen) atoms. The number of rotatable bonds is 3. The first-order chi connectivity index (χ1) is 9.11. The largest absolute Gasteiger partial charge is 0.492 e. The Morgan fingerprint density at radius 1 is 1.11 bits per heavy atom. The van der Waals surface area contributed by atoms with Gasteiger partial charge in [-0.05, 0) is 12.0 Å². The number of ketones is 2. The van der Waals surface area contributed by atoms with E-state index in [1.54, 1.807) is 37.3 Å². The molecule has 98 valence electrons. The smallest absolute Gasteiger partial charge is 0.257 e. The Labute approximate surface area is 110 Å². The molecule has 3 nitrogen and oxygen atoms in total. The van der Waals surface area contributed by atoms with Crippen LogP contribution in [0.2, 0.25) is 0 Å². The molecule has 1 aliphatic carbocycles. The normalized spacial score (nSPS) is 16.2. The Hall–Kier alpha value is -2.23. The molecule has 0 spiro atoms. The van der Waals surface area contributed by atoms with Crippen LogP contribution in [-0.2, 0) is 14.3 Å².